The molecule has 0 saturated carbocycles. The number of anilines is 1. The Balaban J connectivity index is 1.53. The summed E-state index contributed by atoms with van der Waals surface area (Å²) in [5, 5.41) is 20.4. The molecule has 1 amide bonds. The Morgan fingerprint density at radius 3 is 2.34 bits per heavy atom. The second-order valence-corrected chi connectivity index (χ2v) is 12.3. The van der Waals surface area contributed by atoms with Crippen molar-refractivity contribution in [2.75, 3.05) is 92.0 Å². The average molecular weight is 661 g/mol. The Morgan fingerprint density at radius 2 is 1.64 bits per heavy atom. The Kier molecular flexibility index (Phi) is 15.0. The standard InChI is InChI=1S/C35H52N2O10/c1-25(19-42-3)20-44-21-26-6-9-28(10-7-26)34-32(17-37(35(39)40)18-33(34)47-24-29(38)23-43-4)46-22-27-8-11-31-30(16-27)36(13-15-45-31)12-5-14-41-2/h6-11,16,25,29,32-34,38H,5,12-15,17-24H2,1-4H3,(H,39,40)/t25-,29+,32-,33+,34+/m0/s1. The predicted octanol–water partition coefficient (Wildman–Crippen LogP) is 3.78. The van der Waals surface area contributed by atoms with Gasteiger partial charge < -0.3 is 53.2 Å². The summed E-state index contributed by atoms with van der Waals surface area (Å²) in [5.41, 5.74) is 3.97. The monoisotopic (exact) mass is 660 g/mol. The van der Waals surface area contributed by atoms with E-state index in [1.807, 2.05) is 36.4 Å². The summed E-state index contributed by atoms with van der Waals surface area (Å²) in [6.45, 7) is 7.47. The highest BCUT2D eigenvalue weighted by Crippen LogP contribution is 2.36. The van der Waals surface area contributed by atoms with Crippen LogP contribution in [0.4, 0.5) is 10.5 Å². The number of carboxylic acid groups (broad SMARTS) is 1. The van der Waals surface area contributed by atoms with E-state index in [9.17, 15) is 15.0 Å². The van der Waals surface area contributed by atoms with E-state index in [1.54, 1.807) is 14.2 Å². The quantitative estimate of drug-likeness (QED) is 0.214. The molecule has 2 heterocycles. The van der Waals surface area contributed by atoms with Crippen LogP contribution in [0, 0.1) is 5.92 Å². The molecule has 1 fully saturated rings. The van der Waals surface area contributed by atoms with Crippen LogP contribution in [-0.2, 0) is 41.6 Å². The minimum Gasteiger partial charge on any atom is -0.490 e. The fourth-order valence-electron chi connectivity index (χ4n) is 6.14. The Labute approximate surface area is 278 Å². The maximum Gasteiger partial charge on any atom is 0.407 e. The molecule has 47 heavy (non-hydrogen) atoms. The number of methoxy groups -OCH3 is 3. The number of benzene rings is 2. The van der Waals surface area contributed by atoms with E-state index < -0.39 is 24.4 Å². The van der Waals surface area contributed by atoms with Gasteiger partial charge in [-0.05, 0) is 35.2 Å². The SMILES string of the molecule is COCCCN1CCOc2ccc(CO[C@H]3CN(C(=O)O)C[C@@H](OC[C@H](O)COC)[C@@H]3c3ccc(COC[C@@H](C)COC)cc3)cc21. The first-order valence-corrected chi connectivity index (χ1v) is 16.4. The molecular weight excluding hydrogens is 608 g/mol. The zero-order valence-electron chi connectivity index (χ0n) is 28.2. The molecule has 2 N–H and O–H groups in total. The van der Waals surface area contributed by atoms with Crippen molar-refractivity contribution in [1.29, 1.82) is 0 Å². The number of fused-ring (bicyclic) bond motifs is 1. The lowest BCUT2D eigenvalue weighted by Gasteiger charge is -2.43. The van der Waals surface area contributed by atoms with Gasteiger partial charge in [-0.1, -0.05) is 37.3 Å². The third-order valence-electron chi connectivity index (χ3n) is 8.44. The molecule has 0 unspecified atom stereocenters. The summed E-state index contributed by atoms with van der Waals surface area (Å²) in [6, 6.07) is 14.2. The molecule has 5 atom stereocenters. The fraction of sp³-hybridized carbons (Fsp3) is 0.629. The summed E-state index contributed by atoms with van der Waals surface area (Å²) in [4.78, 5) is 15.9. The third-order valence-corrected chi connectivity index (χ3v) is 8.44. The van der Waals surface area contributed by atoms with Crippen LogP contribution in [0.5, 0.6) is 5.75 Å². The second-order valence-electron chi connectivity index (χ2n) is 12.3. The lowest BCUT2D eigenvalue weighted by atomic mass is 9.84. The van der Waals surface area contributed by atoms with Crippen LogP contribution in [0.25, 0.3) is 0 Å². The normalized spacial score (nSPS) is 20.8. The minimum absolute atomic E-state index is 0.00446. The summed E-state index contributed by atoms with van der Waals surface area (Å²) < 4.78 is 40.1. The van der Waals surface area contributed by atoms with Crippen LogP contribution in [0.2, 0.25) is 0 Å². The van der Waals surface area contributed by atoms with Crippen LogP contribution >= 0.6 is 0 Å². The smallest absolute Gasteiger partial charge is 0.407 e. The number of nitrogens with zero attached hydrogens (tertiary/aromatic N) is 2. The van der Waals surface area contributed by atoms with Gasteiger partial charge in [-0.25, -0.2) is 4.79 Å². The van der Waals surface area contributed by atoms with Gasteiger partial charge in [0.05, 0.1) is 77.2 Å². The number of aliphatic hydroxyl groups excluding tert-OH is 1. The summed E-state index contributed by atoms with van der Waals surface area (Å²) >= 11 is 0. The number of hydrogen-bond acceptors (Lipinski definition) is 10. The summed E-state index contributed by atoms with van der Waals surface area (Å²) in [7, 11) is 4.90. The van der Waals surface area contributed by atoms with Gasteiger partial charge in [0.15, 0.2) is 0 Å². The van der Waals surface area contributed by atoms with Gasteiger partial charge >= 0.3 is 6.09 Å². The van der Waals surface area contributed by atoms with Crippen molar-refractivity contribution in [3.8, 4) is 5.75 Å². The van der Waals surface area contributed by atoms with Gasteiger partial charge in [-0.3, -0.25) is 0 Å². The summed E-state index contributed by atoms with van der Waals surface area (Å²) in [5.74, 6) is 0.846. The maximum absolute atomic E-state index is 12.2. The van der Waals surface area contributed by atoms with E-state index in [0.29, 0.717) is 39.0 Å². The molecule has 0 spiro atoms. The zero-order chi connectivity index (χ0) is 33.6. The fourth-order valence-corrected chi connectivity index (χ4v) is 6.14. The highest BCUT2D eigenvalue weighted by atomic mass is 16.5. The van der Waals surface area contributed by atoms with E-state index in [2.05, 4.69) is 17.9 Å². The van der Waals surface area contributed by atoms with Crippen molar-refractivity contribution in [3.63, 3.8) is 0 Å². The average Bonchev–Trinajstić information content (AvgIpc) is 3.07. The minimum atomic E-state index is -1.05. The number of carbonyl (C=O) groups is 1. The van der Waals surface area contributed by atoms with Crippen LogP contribution < -0.4 is 9.64 Å². The van der Waals surface area contributed by atoms with Crippen molar-refractivity contribution in [2.24, 2.45) is 5.92 Å². The predicted molar refractivity (Wildman–Crippen MR) is 176 cm³/mol. The molecule has 0 bridgehead atoms. The van der Waals surface area contributed by atoms with E-state index in [-0.39, 0.29) is 38.8 Å². The largest absolute Gasteiger partial charge is 0.490 e. The zero-order valence-corrected chi connectivity index (χ0v) is 28.2. The Hall–Kier alpha value is -2.97. The van der Waals surface area contributed by atoms with Crippen molar-refractivity contribution in [3.05, 3.63) is 59.2 Å². The van der Waals surface area contributed by atoms with Gasteiger partial charge in [0.1, 0.15) is 18.5 Å². The molecule has 2 aromatic rings. The molecule has 4 rings (SSSR count). The third kappa shape index (κ3) is 11.0. The number of rotatable bonds is 19. The topological polar surface area (TPSA) is 129 Å². The van der Waals surface area contributed by atoms with Crippen molar-refractivity contribution < 1.29 is 48.2 Å². The molecule has 0 aliphatic carbocycles. The Morgan fingerprint density at radius 1 is 0.915 bits per heavy atom. The highest BCUT2D eigenvalue weighted by molar-refractivity contribution is 5.65. The first kappa shape index (κ1) is 36.9. The van der Waals surface area contributed by atoms with Crippen LogP contribution in [-0.4, -0.2) is 127 Å². The van der Waals surface area contributed by atoms with Gasteiger partial charge in [0, 0.05) is 46.3 Å². The number of amides is 1. The van der Waals surface area contributed by atoms with E-state index in [1.165, 1.54) is 12.0 Å². The number of hydrogen-bond donors (Lipinski definition) is 2. The van der Waals surface area contributed by atoms with Gasteiger partial charge in [-0.15, -0.1) is 0 Å². The molecule has 262 valence electrons. The van der Waals surface area contributed by atoms with Crippen LogP contribution in [0.15, 0.2) is 42.5 Å². The van der Waals surface area contributed by atoms with Crippen molar-refractivity contribution in [2.45, 2.75) is 50.8 Å². The molecule has 2 aliphatic rings. The van der Waals surface area contributed by atoms with Crippen molar-refractivity contribution in [1.82, 2.24) is 4.90 Å². The number of ether oxygens (including phenoxy) is 7. The second kappa shape index (κ2) is 19.1. The number of piperidine rings is 1. The van der Waals surface area contributed by atoms with E-state index >= 15 is 0 Å². The molecule has 0 radical (unpaired) electrons. The molecular formula is C35H52N2O10. The van der Waals surface area contributed by atoms with Gasteiger partial charge in [-0.2, -0.15) is 0 Å². The first-order valence-electron chi connectivity index (χ1n) is 16.4. The molecule has 2 aromatic carbocycles. The van der Waals surface area contributed by atoms with E-state index in [0.717, 1.165) is 47.6 Å². The van der Waals surface area contributed by atoms with Gasteiger partial charge in [0.2, 0.25) is 0 Å². The number of likely N-dealkylation sites (tertiary alicyclic amines) is 1. The lowest BCUT2D eigenvalue weighted by molar-refractivity contribution is -0.107. The molecule has 2 aliphatic heterocycles. The van der Waals surface area contributed by atoms with E-state index in [4.69, 9.17) is 33.2 Å². The first-order chi connectivity index (χ1) is 22.8. The summed E-state index contributed by atoms with van der Waals surface area (Å²) in [6.07, 6.45) is -2.04. The molecule has 12 nitrogen and oxygen atoms in total. The van der Waals surface area contributed by atoms with Crippen LogP contribution in [0.1, 0.15) is 36.0 Å². The lowest BCUT2D eigenvalue weighted by Crippen LogP contribution is -2.54. The molecule has 0 aromatic heterocycles. The number of aliphatic hydroxyl groups is 1. The molecule has 12 heteroatoms. The molecule has 1 saturated heterocycles. The van der Waals surface area contributed by atoms with Crippen LogP contribution in [0.3, 0.4) is 0 Å². The van der Waals surface area contributed by atoms with Crippen molar-refractivity contribution >= 4 is 11.8 Å². The van der Waals surface area contributed by atoms with Gasteiger partial charge in [0.25, 0.3) is 0 Å². The Bertz CT molecular complexity index is 1220. The maximum atomic E-state index is 12.2. The highest BCUT2D eigenvalue weighted by Gasteiger charge is 2.41.